The van der Waals surface area contributed by atoms with Gasteiger partial charge >= 0.3 is 5.97 Å². The largest absolute Gasteiger partial charge is 0.480 e. The summed E-state index contributed by atoms with van der Waals surface area (Å²) in [6.07, 6.45) is 2.24. The molecule has 0 bridgehead atoms. The third-order valence-electron chi connectivity index (χ3n) is 4.75. The Kier molecular flexibility index (Phi) is 6.40. The van der Waals surface area contributed by atoms with Crippen LogP contribution in [-0.2, 0) is 15.0 Å². The Morgan fingerprint density at radius 1 is 1.15 bits per heavy atom. The molecule has 0 spiro atoms. The first-order chi connectivity index (χ1) is 12.2. The van der Waals surface area contributed by atoms with E-state index < -0.39 is 12.0 Å². The zero-order valence-electron chi connectivity index (χ0n) is 15.7. The molecule has 1 aromatic rings. The zero-order chi connectivity index (χ0) is 19.3. The fourth-order valence-corrected chi connectivity index (χ4v) is 3.14. The van der Waals surface area contributed by atoms with Crippen LogP contribution >= 0.6 is 0 Å². The van der Waals surface area contributed by atoms with Crippen molar-refractivity contribution in [3.8, 4) is 0 Å². The van der Waals surface area contributed by atoms with Gasteiger partial charge < -0.3 is 15.3 Å². The van der Waals surface area contributed by atoms with E-state index in [1.165, 1.54) is 4.90 Å². The van der Waals surface area contributed by atoms with Crippen molar-refractivity contribution in [1.29, 1.82) is 0 Å². The molecule has 1 unspecified atom stereocenters. The molecule has 1 aromatic carbocycles. The second-order valence-corrected chi connectivity index (χ2v) is 7.77. The van der Waals surface area contributed by atoms with Crippen LogP contribution in [0.15, 0.2) is 24.3 Å². The number of piperidine rings is 1. The summed E-state index contributed by atoms with van der Waals surface area (Å²) in [5.74, 6) is -1.41. The SMILES string of the molecule is CC(C)(C)c1ccc(C(=O)NCCC(=O)N2CCCCC2C(=O)O)cc1. The molecule has 1 saturated heterocycles. The second-order valence-electron chi connectivity index (χ2n) is 7.77. The summed E-state index contributed by atoms with van der Waals surface area (Å²) in [5.41, 5.74) is 1.72. The summed E-state index contributed by atoms with van der Waals surface area (Å²) >= 11 is 0. The molecule has 6 nitrogen and oxygen atoms in total. The standard InChI is InChI=1S/C20H28N2O4/c1-20(2,3)15-9-7-14(8-10-15)18(24)21-12-11-17(23)22-13-5-4-6-16(22)19(25)26/h7-10,16H,4-6,11-13H2,1-3H3,(H,21,24)(H,25,26). The summed E-state index contributed by atoms with van der Waals surface area (Å²) in [6.45, 7) is 7.00. The van der Waals surface area contributed by atoms with Crippen LogP contribution in [0.3, 0.4) is 0 Å². The predicted molar refractivity (Wildman–Crippen MR) is 99.1 cm³/mol. The lowest BCUT2D eigenvalue weighted by atomic mass is 9.87. The first-order valence-electron chi connectivity index (χ1n) is 9.11. The van der Waals surface area contributed by atoms with Crippen LogP contribution < -0.4 is 5.32 Å². The average Bonchev–Trinajstić information content (AvgIpc) is 2.60. The summed E-state index contributed by atoms with van der Waals surface area (Å²) < 4.78 is 0. The molecule has 142 valence electrons. The summed E-state index contributed by atoms with van der Waals surface area (Å²) in [7, 11) is 0. The maximum absolute atomic E-state index is 12.3. The fraction of sp³-hybridized carbons (Fsp3) is 0.550. The maximum Gasteiger partial charge on any atom is 0.326 e. The van der Waals surface area contributed by atoms with Crippen molar-refractivity contribution >= 4 is 17.8 Å². The summed E-state index contributed by atoms with van der Waals surface area (Å²) in [4.78, 5) is 37.2. The van der Waals surface area contributed by atoms with Crippen molar-refractivity contribution < 1.29 is 19.5 Å². The Labute approximate surface area is 154 Å². The number of carbonyl (C=O) groups excluding carboxylic acids is 2. The van der Waals surface area contributed by atoms with Crippen LogP contribution in [-0.4, -0.2) is 46.9 Å². The van der Waals surface area contributed by atoms with Gasteiger partial charge in [-0.3, -0.25) is 9.59 Å². The number of carbonyl (C=O) groups is 3. The molecule has 0 radical (unpaired) electrons. The van der Waals surface area contributed by atoms with E-state index in [9.17, 15) is 19.5 Å². The lowest BCUT2D eigenvalue weighted by molar-refractivity contribution is -0.152. The Bertz CT molecular complexity index is 661. The number of likely N-dealkylation sites (tertiary alicyclic amines) is 1. The van der Waals surface area contributed by atoms with Crippen molar-refractivity contribution in [3.63, 3.8) is 0 Å². The van der Waals surface area contributed by atoms with Gasteiger partial charge in [0.15, 0.2) is 0 Å². The molecule has 0 aromatic heterocycles. The van der Waals surface area contributed by atoms with Crippen LogP contribution in [0.25, 0.3) is 0 Å². The van der Waals surface area contributed by atoms with Crippen LogP contribution in [0.4, 0.5) is 0 Å². The van der Waals surface area contributed by atoms with E-state index in [1.807, 2.05) is 12.1 Å². The highest BCUT2D eigenvalue weighted by Gasteiger charge is 2.31. The van der Waals surface area contributed by atoms with Gasteiger partial charge in [-0.25, -0.2) is 4.79 Å². The number of carboxylic acids is 1. The van der Waals surface area contributed by atoms with Crippen LogP contribution in [0, 0.1) is 0 Å². The van der Waals surface area contributed by atoms with Gasteiger partial charge in [0, 0.05) is 25.1 Å². The van der Waals surface area contributed by atoms with E-state index in [0.29, 0.717) is 18.5 Å². The van der Waals surface area contributed by atoms with Gasteiger partial charge in [-0.1, -0.05) is 32.9 Å². The van der Waals surface area contributed by atoms with Crippen molar-refractivity contribution in [2.24, 2.45) is 0 Å². The smallest absolute Gasteiger partial charge is 0.326 e. The van der Waals surface area contributed by atoms with Gasteiger partial charge in [0.25, 0.3) is 5.91 Å². The van der Waals surface area contributed by atoms with Crippen LogP contribution in [0.5, 0.6) is 0 Å². The maximum atomic E-state index is 12.3. The highest BCUT2D eigenvalue weighted by molar-refractivity contribution is 5.94. The number of benzene rings is 1. The molecule has 1 aliphatic heterocycles. The predicted octanol–water partition coefficient (Wildman–Crippen LogP) is 2.57. The first kappa shape index (κ1) is 19.9. The molecule has 0 saturated carbocycles. The quantitative estimate of drug-likeness (QED) is 0.845. The van der Waals surface area contributed by atoms with E-state index in [2.05, 4.69) is 26.1 Å². The third-order valence-corrected chi connectivity index (χ3v) is 4.75. The van der Waals surface area contributed by atoms with Gasteiger partial charge in [-0.15, -0.1) is 0 Å². The molecule has 1 heterocycles. The van der Waals surface area contributed by atoms with E-state index in [4.69, 9.17) is 0 Å². The zero-order valence-corrected chi connectivity index (χ0v) is 15.7. The number of carboxylic acid groups (broad SMARTS) is 1. The molecule has 2 rings (SSSR count). The number of rotatable bonds is 5. The number of hydrogen-bond acceptors (Lipinski definition) is 3. The highest BCUT2D eigenvalue weighted by atomic mass is 16.4. The second kappa shape index (κ2) is 8.34. The molecular formula is C20H28N2O4. The van der Waals surface area contributed by atoms with Crippen molar-refractivity contribution in [2.75, 3.05) is 13.1 Å². The minimum Gasteiger partial charge on any atom is -0.480 e. The molecule has 1 fully saturated rings. The van der Waals surface area contributed by atoms with Crippen LogP contribution in [0.1, 0.15) is 62.4 Å². The van der Waals surface area contributed by atoms with Gasteiger partial charge in [0.2, 0.25) is 5.91 Å². The molecule has 0 aliphatic carbocycles. The Morgan fingerprint density at radius 2 is 1.81 bits per heavy atom. The number of nitrogens with zero attached hydrogens (tertiary/aromatic N) is 1. The van der Waals surface area contributed by atoms with E-state index in [-0.39, 0.29) is 30.2 Å². The van der Waals surface area contributed by atoms with Gasteiger partial charge in [0.05, 0.1) is 0 Å². The molecule has 1 atom stereocenters. The number of hydrogen-bond donors (Lipinski definition) is 2. The molecule has 1 aliphatic rings. The summed E-state index contributed by atoms with van der Waals surface area (Å²) in [6, 6.07) is 6.69. The normalized spacial score (nSPS) is 17.7. The third kappa shape index (κ3) is 5.07. The van der Waals surface area contributed by atoms with E-state index in [0.717, 1.165) is 18.4 Å². The van der Waals surface area contributed by atoms with Crippen LogP contribution in [0.2, 0.25) is 0 Å². The molecular weight excluding hydrogens is 332 g/mol. The van der Waals surface area contributed by atoms with Gasteiger partial charge in [0.1, 0.15) is 6.04 Å². The molecule has 2 N–H and O–H groups in total. The Balaban J connectivity index is 1.85. The topological polar surface area (TPSA) is 86.7 Å². The average molecular weight is 360 g/mol. The van der Waals surface area contributed by atoms with Gasteiger partial charge in [-0.05, 0) is 42.4 Å². The monoisotopic (exact) mass is 360 g/mol. The molecule has 26 heavy (non-hydrogen) atoms. The highest BCUT2D eigenvalue weighted by Crippen LogP contribution is 2.22. The minimum atomic E-state index is -0.957. The lowest BCUT2D eigenvalue weighted by Gasteiger charge is -2.33. The lowest BCUT2D eigenvalue weighted by Crippen LogP contribution is -2.48. The number of amides is 2. The first-order valence-corrected chi connectivity index (χ1v) is 9.11. The van der Waals surface area contributed by atoms with E-state index in [1.54, 1.807) is 12.1 Å². The van der Waals surface area contributed by atoms with E-state index >= 15 is 0 Å². The molecule has 2 amide bonds. The molecule has 6 heteroatoms. The summed E-state index contributed by atoms with van der Waals surface area (Å²) in [5, 5.41) is 12.0. The van der Waals surface area contributed by atoms with Crippen molar-refractivity contribution in [2.45, 2.75) is 57.9 Å². The Morgan fingerprint density at radius 3 is 2.38 bits per heavy atom. The number of aliphatic carboxylic acids is 1. The van der Waals surface area contributed by atoms with Gasteiger partial charge in [-0.2, -0.15) is 0 Å². The fourth-order valence-electron chi connectivity index (χ4n) is 3.14. The number of nitrogens with one attached hydrogen (secondary N) is 1. The Hall–Kier alpha value is -2.37. The van der Waals surface area contributed by atoms with Crippen molar-refractivity contribution in [1.82, 2.24) is 10.2 Å². The minimum absolute atomic E-state index is 0.0244. The van der Waals surface area contributed by atoms with Crippen molar-refractivity contribution in [3.05, 3.63) is 35.4 Å².